The molecule has 27 heavy (non-hydrogen) atoms. The molecule has 0 aliphatic rings. The van der Waals surface area contributed by atoms with Crippen LogP contribution in [0.5, 0.6) is 0 Å². The van der Waals surface area contributed by atoms with Crippen LogP contribution in [0.15, 0.2) is 24.5 Å². The second-order valence-corrected chi connectivity index (χ2v) is 7.59. The number of anilines is 1. The number of hydrogen-bond acceptors (Lipinski definition) is 7. The molecule has 0 bridgehead atoms. The fourth-order valence-corrected chi connectivity index (χ4v) is 3.47. The molecule has 3 heterocycles. The summed E-state index contributed by atoms with van der Waals surface area (Å²) in [5, 5.41) is 15.1. The number of carbonyl (C=O) groups excluding carboxylic acids is 1. The van der Waals surface area contributed by atoms with Gasteiger partial charge in [0, 0.05) is 17.6 Å². The number of fused-ring (bicyclic) bond motifs is 1. The summed E-state index contributed by atoms with van der Waals surface area (Å²) in [6, 6.07) is 2.96. The molecule has 3 aromatic heterocycles. The van der Waals surface area contributed by atoms with Crippen molar-refractivity contribution in [3.8, 4) is 0 Å². The van der Waals surface area contributed by atoms with E-state index >= 15 is 0 Å². The lowest BCUT2D eigenvalue weighted by Crippen LogP contribution is -2.31. The first-order chi connectivity index (χ1) is 12.8. The maximum atomic E-state index is 13.4. The molecule has 142 valence electrons. The lowest BCUT2D eigenvalue weighted by atomic mass is 10.1. The van der Waals surface area contributed by atoms with E-state index in [1.807, 2.05) is 19.9 Å². The molecule has 0 radical (unpaired) electrons. The van der Waals surface area contributed by atoms with E-state index in [1.54, 1.807) is 13.1 Å². The van der Waals surface area contributed by atoms with Crippen molar-refractivity contribution in [2.75, 3.05) is 11.9 Å². The lowest BCUT2D eigenvalue weighted by molar-refractivity contribution is 0.0921. The molecule has 9 heteroatoms. The summed E-state index contributed by atoms with van der Waals surface area (Å²) < 4.78 is 14.1. The van der Waals surface area contributed by atoms with Gasteiger partial charge in [-0.1, -0.05) is 0 Å². The van der Waals surface area contributed by atoms with Crippen molar-refractivity contribution in [3.63, 3.8) is 0 Å². The summed E-state index contributed by atoms with van der Waals surface area (Å²) in [6.07, 6.45) is 2.04. The first-order valence-corrected chi connectivity index (χ1v) is 9.26. The lowest BCUT2D eigenvalue weighted by Gasteiger charge is -2.15. The molecule has 0 aliphatic carbocycles. The van der Waals surface area contributed by atoms with Crippen LogP contribution < -0.4 is 10.6 Å². The topological polar surface area (TPSA) is 100 Å². The highest BCUT2D eigenvalue weighted by Crippen LogP contribution is 2.28. The Morgan fingerprint density at radius 3 is 2.78 bits per heavy atom. The van der Waals surface area contributed by atoms with Gasteiger partial charge in [-0.05, 0) is 38.5 Å². The van der Waals surface area contributed by atoms with Gasteiger partial charge in [-0.3, -0.25) is 9.78 Å². The van der Waals surface area contributed by atoms with E-state index in [9.17, 15) is 14.3 Å². The van der Waals surface area contributed by atoms with Crippen LogP contribution in [0, 0.1) is 12.7 Å². The van der Waals surface area contributed by atoms with Gasteiger partial charge in [0.25, 0.3) is 5.91 Å². The Balaban J connectivity index is 1.92. The normalized spacial score (nSPS) is 13.4. The van der Waals surface area contributed by atoms with Gasteiger partial charge < -0.3 is 15.7 Å². The highest BCUT2D eigenvalue weighted by Gasteiger charge is 2.18. The number of aliphatic hydroxyl groups is 1. The predicted molar refractivity (Wildman–Crippen MR) is 102 cm³/mol. The molecule has 3 N–H and O–H groups in total. The Hall–Kier alpha value is -2.65. The van der Waals surface area contributed by atoms with E-state index in [1.165, 1.54) is 17.4 Å². The largest absolute Gasteiger partial charge is 0.392 e. The number of amides is 1. The molecule has 0 saturated heterocycles. The minimum absolute atomic E-state index is 0.128. The van der Waals surface area contributed by atoms with Gasteiger partial charge in [0.05, 0.1) is 28.6 Å². The van der Waals surface area contributed by atoms with Crippen LogP contribution in [-0.2, 0) is 0 Å². The average Bonchev–Trinajstić information content (AvgIpc) is 2.98. The zero-order valence-corrected chi connectivity index (χ0v) is 16.0. The van der Waals surface area contributed by atoms with Crippen LogP contribution in [0.4, 0.5) is 10.3 Å². The standard InChI is InChI=1S/C18H20FN5O2S/c1-9(25)6-21-17(26)15-16-14(4-10(2)27-16)23-18(24-15)22-11(3)12-5-13(19)8-20-7-12/h4-5,7-9,11,25H,6H2,1-3H3,(H,21,26)(H,22,23,24)/t9-,11?/m1/s1. The van der Waals surface area contributed by atoms with Crippen LogP contribution in [0.2, 0.25) is 0 Å². The third-order valence-electron chi connectivity index (χ3n) is 3.84. The summed E-state index contributed by atoms with van der Waals surface area (Å²) in [4.78, 5) is 26.2. The highest BCUT2D eigenvalue weighted by atomic mass is 32.1. The molecule has 1 unspecified atom stereocenters. The van der Waals surface area contributed by atoms with Crippen molar-refractivity contribution in [1.29, 1.82) is 0 Å². The van der Waals surface area contributed by atoms with Gasteiger partial charge in [-0.25, -0.2) is 14.4 Å². The second-order valence-electron chi connectivity index (χ2n) is 6.33. The minimum atomic E-state index is -0.658. The van der Waals surface area contributed by atoms with E-state index in [2.05, 4.69) is 25.6 Å². The van der Waals surface area contributed by atoms with E-state index < -0.39 is 11.9 Å². The summed E-state index contributed by atoms with van der Waals surface area (Å²) in [5.74, 6) is -0.545. The van der Waals surface area contributed by atoms with E-state index in [0.29, 0.717) is 15.8 Å². The number of carbonyl (C=O) groups is 1. The number of aromatic nitrogens is 3. The number of thiophene rings is 1. The summed E-state index contributed by atoms with van der Waals surface area (Å²) in [5.41, 5.74) is 1.54. The first-order valence-electron chi connectivity index (χ1n) is 8.45. The van der Waals surface area contributed by atoms with Gasteiger partial charge in [0.15, 0.2) is 5.69 Å². The molecule has 3 aromatic rings. The molecule has 0 aliphatic heterocycles. The van der Waals surface area contributed by atoms with Crippen molar-refractivity contribution < 1.29 is 14.3 Å². The van der Waals surface area contributed by atoms with E-state index in [0.717, 1.165) is 11.1 Å². The van der Waals surface area contributed by atoms with Crippen LogP contribution in [0.3, 0.4) is 0 Å². The number of nitrogens with zero attached hydrogens (tertiary/aromatic N) is 3. The van der Waals surface area contributed by atoms with Crippen LogP contribution in [0.25, 0.3) is 10.2 Å². The molecule has 0 fully saturated rings. The van der Waals surface area contributed by atoms with Crippen molar-refractivity contribution in [1.82, 2.24) is 20.3 Å². The molecule has 7 nitrogen and oxygen atoms in total. The Morgan fingerprint density at radius 2 is 2.07 bits per heavy atom. The molecular weight excluding hydrogens is 369 g/mol. The van der Waals surface area contributed by atoms with Gasteiger partial charge >= 0.3 is 0 Å². The number of halogens is 1. The Bertz CT molecular complexity index is 976. The number of rotatable bonds is 6. The molecule has 1 amide bonds. The second kappa shape index (κ2) is 7.93. The quantitative estimate of drug-likeness (QED) is 0.599. The Kier molecular flexibility index (Phi) is 5.62. The van der Waals surface area contributed by atoms with Crippen LogP contribution in [-0.4, -0.2) is 38.6 Å². The van der Waals surface area contributed by atoms with E-state index in [-0.39, 0.29) is 30.1 Å². The number of aliphatic hydroxyl groups excluding tert-OH is 1. The van der Waals surface area contributed by atoms with Crippen molar-refractivity contribution in [2.24, 2.45) is 0 Å². The van der Waals surface area contributed by atoms with Crippen molar-refractivity contribution in [3.05, 3.63) is 46.5 Å². The first kappa shape index (κ1) is 19.1. The fraction of sp³-hybridized carbons (Fsp3) is 0.333. The molecule has 2 atom stereocenters. The smallest absolute Gasteiger partial charge is 0.271 e. The third-order valence-corrected chi connectivity index (χ3v) is 4.89. The zero-order valence-electron chi connectivity index (χ0n) is 15.2. The third kappa shape index (κ3) is 4.55. The maximum Gasteiger partial charge on any atom is 0.271 e. The summed E-state index contributed by atoms with van der Waals surface area (Å²) >= 11 is 1.43. The predicted octanol–water partition coefficient (Wildman–Crippen LogP) is 2.82. The SMILES string of the molecule is Cc1cc2nc(NC(C)c3cncc(F)c3)nc(C(=O)NC[C@@H](C)O)c2s1. The van der Waals surface area contributed by atoms with E-state index in [4.69, 9.17) is 0 Å². The minimum Gasteiger partial charge on any atom is -0.392 e. The highest BCUT2D eigenvalue weighted by molar-refractivity contribution is 7.19. The zero-order chi connectivity index (χ0) is 19.6. The van der Waals surface area contributed by atoms with Gasteiger partial charge in [-0.15, -0.1) is 11.3 Å². The number of aryl methyl sites for hydroxylation is 1. The molecule has 0 aromatic carbocycles. The van der Waals surface area contributed by atoms with Crippen LogP contribution >= 0.6 is 11.3 Å². The molecule has 3 rings (SSSR count). The van der Waals surface area contributed by atoms with Crippen molar-refractivity contribution >= 4 is 33.4 Å². The Morgan fingerprint density at radius 1 is 1.30 bits per heavy atom. The van der Waals surface area contributed by atoms with Crippen LogP contribution in [0.1, 0.15) is 40.8 Å². The number of nitrogens with one attached hydrogen (secondary N) is 2. The average molecular weight is 389 g/mol. The monoisotopic (exact) mass is 389 g/mol. The molecule has 0 saturated carbocycles. The van der Waals surface area contributed by atoms with Gasteiger partial charge in [0.1, 0.15) is 5.82 Å². The maximum absolute atomic E-state index is 13.4. The summed E-state index contributed by atoms with van der Waals surface area (Å²) in [6.45, 7) is 5.48. The number of pyridine rings is 1. The van der Waals surface area contributed by atoms with Crippen molar-refractivity contribution in [2.45, 2.75) is 32.9 Å². The number of hydrogen-bond donors (Lipinski definition) is 3. The molecule has 0 spiro atoms. The fourth-order valence-electron chi connectivity index (χ4n) is 2.53. The van der Waals surface area contributed by atoms with Gasteiger partial charge in [-0.2, -0.15) is 0 Å². The van der Waals surface area contributed by atoms with Gasteiger partial charge in [0.2, 0.25) is 5.95 Å². The summed E-state index contributed by atoms with van der Waals surface area (Å²) in [7, 11) is 0. The molecular formula is C18H20FN5O2S. The Labute approximate surface area is 159 Å².